The van der Waals surface area contributed by atoms with Crippen LogP contribution in [-0.4, -0.2) is 18.1 Å². The van der Waals surface area contributed by atoms with Crippen LogP contribution in [0.4, 0.5) is 0 Å². The molecule has 0 radical (unpaired) electrons. The van der Waals surface area contributed by atoms with Crippen molar-refractivity contribution < 1.29 is 4.74 Å². The minimum Gasteiger partial charge on any atom is -0.494 e. The summed E-state index contributed by atoms with van der Waals surface area (Å²) in [7, 11) is 0. The third kappa shape index (κ3) is 3.82. The first kappa shape index (κ1) is 15.5. The molecule has 2 aromatic rings. The van der Waals surface area contributed by atoms with E-state index < -0.39 is 0 Å². The van der Waals surface area contributed by atoms with Gasteiger partial charge in [-0.3, -0.25) is 4.98 Å². The van der Waals surface area contributed by atoms with E-state index in [4.69, 9.17) is 4.74 Å². The Bertz CT molecular complexity index is 569. The number of rotatable bonds is 7. The van der Waals surface area contributed by atoms with E-state index >= 15 is 0 Å². The first-order chi connectivity index (χ1) is 10.3. The number of nitrogens with one attached hydrogen (secondary N) is 1. The van der Waals surface area contributed by atoms with Gasteiger partial charge in [-0.2, -0.15) is 0 Å². The molecule has 0 saturated heterocycles. The number of aryl methyl sites for hydroxylation is 1. The number of ether oxygens (including phenoxy) is 1. The summed E-state index contributed by atoms with van der Waals surface area (Å²) in [5.74, 6) is 0.921. The number of pyridine rings is 1. The van der Waals surface area contributed by atoms with Crippen molar-refractivity contribution in [3.8, 4) is 5.75 Å². The fraction of sp³-hybridized carbons (Fsp3) is 0.389. The van der Waals surface area contributed by atoms with Crippen LogP contribution in [0.25, 0.3) is 0 Å². The van der Waals surface area contributed by atoms with Crippen LogP contribution in [0.5, 0.6) is 5.75 Å². The Labute approximate surface area is 127 Å². The number of hydrogen-bond donors (Lipinski definition) is 1. The standard InChI is InChI=1S/C18H24N2O/c1-4-14-13-19-11-10-17(14)18(20-5-2)15-8-7-9-16(12-15)21-6-3/h7-13,18,20H,4-6H2,1-3H3. The van der Waals surface area contributed by atoms with E-state index in [1.807, 2.05) is 25.4 Å². The second kappa shape index (κ2) is 7.79. The molecule has 1 aromatic heterocycles. The molecule has 0 bridgehead atoms. The lowest BCUT2D eigenvalue weighted by atomic mass is 9.94. The van der Waals surface area contributed by atoms with Crippen LogP contribution in [0.3, 0.4) is 0 Å². The summed E-state index contributed by atoms with van der Waals surface area (Å²) >= 11 is 0. The molecule has 0 fully saturated rings. The Morgan fingerprint density at radius 1 is 1.19 bits per heavy atom. The summed E-state index contributed by atoms with van der Waals surface area (Å²) in [5.41, 5.74) is 3.80. The second-order valence-electron chi connectivity index (χ2n) is 4.92. The van der Waals surface area contributed by atoms with Gasteiger partial charge in [-0.25, -0.2) is 0 Å². The zero-order valence-electron chi connectivity index (χ0n) is 13.1. The molecule has 0 aliphatic heterocycles. The van der Waals surface area contributed by atoms with Crippen molar-refractivity contribution in [2.75, 3.05) is 13.2 Å². The normalized spacial score (nSPS) is 12.1. The molecule has 2 rings (SSSR count). The van der Waals surface area contributed by atoms with Crippen molar-refractivity contribution in [1.29, 1.82) is 0 Å². The van der Waals surface area contributed by atoms with Crippen LogP contribution in [0.2, 0.25) is 0 Å². The Morgan fingerprint density at radius 2 is 2.05 bits per heavy atom. The van der Waals surface area contributed by atoms with Gasteiger partial charge in [0.25, 0.3) is 0 Å². The van der Waals surface area contributed by atoms with Crippen LogP contribution in [0.1, 0.15) is 43.5 Å². The zero-order chi connectivity index (χ0) is 15.1. The van der Waals surface area contributed by atoms with E-state index in [0.717, 1.165) is 18.7 Å². The maximum atomic E-state index is 5.63. The van der Waals surface area contributed by atoms with Crippen LogP contribution in [0, 0.1) is 0 Å². The zero-order valence-corrected chi connectivity index (χ0v) is 13.1. The van der Waals surface area contributed by atoms with Gasteiger partial charge < -0.3 is 10.1 Å². The average Bonchev–Trinajstić information content (AvgIpc) is 2.53. The van der Waals surface area contributed by atoms with E-state index in [9.17, 15) is 0 Å². The maximum Gasteiger partial charge on any atom is 0.119 e. The van der Waals surface area contributed by atoms with Crippen molar-refractivity contribution in [1.82, 2.24) is 10.3 Å². The predicted octanol–water partition coefficient (Wildman–Crippen LogP) is 3.74. The van der Waals surface area contributed by atoms with E-state index in [1.165, 1.54) is 16.7 Å². The highest BCUT2D eigenvalue weighted by molar-refractivity contribution is 5.39. The Kier molecular flexibility index (Phi) is 5.76. The molecule has 0 aliphatic carbocycles. The Morgan fingerprint density at radius 3 is 2.76 bits per heavy atom. The first-order valence-corrected chi connectivity index (χ1v) is 7.69. The SMILES string of the molecule is CCNC(c1cccc(OCC)c1)c1ccncc1CC. The summed E-state index contributed by atoms with van der Waals surface area (Å²) < 4.78 is 5.63. The monoisotopic (exact) mass is 284 g/mol. The highest BCUT2D eigenvalue weighted by Crippen LogP contribution is 2.27. The lowest BCUT2D eigenvalue weighted by Gasteiger charge is -2.22. The van der Waals surface area contributed by atoms with Crippen molar-refractivity contribution >= 4 is 0 Å². The summed E-state index contributed by atoms with van der Waals surface area (Å²) in [4.78, 5) is 4.25. The molecule has 1 N–H and O–H groups in total. The van der Waals surface area contributed by atoms with Crippen LogP contribution in [-0.2, 0) is 6.42 Å². The van der Waals surface area contributed by atoms with Gasteiger partial charge in [0.1, 0.15) is 5.75 Å². The molecular formula is C18H24N2O. The fourth-order valence-corrected chi connectivity index (χ4v) is 2.58. The summed E-state index contributed by atoms with van der Waals surface area (Å²) in [5, 5.41) is 3.58. The molecule has 1 heterocycles. The minimum atomic E-state index is 0.174. The molecule has 3 heteroatoms. The van der Waals surface area contributed by atoms with Gasteiger partial charge in [-0.1, -0.05) is 26.0 Å². The Balaban J connectivity index is 2.40. The number of aromatic nitrogens is 1. The molecular weight excluding hydrogens is 260 g/mol. The van der Waals surface area contributed by atoms with Gasteiger partial charge in [0.05, 0.1) is 12.6 Å². The molecule has 3 nitrogen and oxygen atoms in total. The third-order valence-electron chi connectivity index (χ3n) is 3.54. The molecule has 21 heavy (non-hydrogen) atoms. The van der Waals surface area contributed by atoms with E-state index in [2.05, 4.69) is 48.4 Å². The van der Waals surface area contributed by atoms with Gasteiger partial charge in [-0.05, 0) is 54.8 Å². The summed E-state index contributed by atoms with van der Waals surface area (Å²) in [6, 6.07) is 10.6. The van der Waals surface area contributed by atoms with Crippen LogP contribution < -0.4 is 10.1 Å². The molecule has 112 valence electrons. The highest BCUT2D eigenvalue weighted by Gasteiger charge is 2.16. The largest absolute Gasteiger partial charge is 0.494 e. The van der Waals surface area contributed by atoms with Crippen molar-refractivity contribution in [3.05, 3.63) is 59.4 Å². The van der Waals surface area contributed by atoms with Gasteiger partial charge in [0, 0.05) is 12.4 Å². The average molecular weight is 284 g/mol. The molecule has 0 saturated carbocycles. The van der Waals surface area contributed by atoms with Gasteiger partial charge in [-0.15, -0.1) is 0 Å². The lowest BCUT2D eigenvalue weighted by molar-refractivity contribution is 0.339. The van der Waals surface area contributed by atoms with Crippen LogP contribution >= 0.6 is 0 Å². The number of nitrogens with zero attached hydrogens (tertiary/aromatic N) is 1. The topological polar surface area (TPSA) is 34.1 Å². The molecule has 0 aliphatic rings. The third-order valence-corrected chi connectivity index (χ3v) is 3.54. The first-order valence-electron chi connectivity index (χ1n) is 7.69. The van der Waals surface area contributed by atoms with Crippen molar-refractivity contribution in [3.63, 3.8) is 0 Å². The minimum absolute atomic E-state index is 0.174. The molecule has 1 aromatic carbocycles. The predicted molar refractivity (Wildman–Crippen MR) is 86.7 cm³/mol. The van der Waals surface area contributed by atoms with Gasteiger partial charge >= 0.3 is 0 Å². The van der Waals surface area contributed by atoms with Gasteiger partial charge in [0.2, 0.25) is 0 Å². The van der Waals surface area contributed by atoms with Crippen molar-refractivity contribution in [2.45, 2.75) is 33.2 Å². The second-order valence-corrected chi connectivity index (χ2v) is 4.92. The summed E-state index contributed by atoms with van der Waals surface area (Å²) in [6.45, 7) is 7.90. The maximum absolute atomic E-state index is 5.63. The smallest absolute Gasteiger partial charge is 0.119 e. The van der Waals surface area contributed by atoms with E-state index in [1.54, 1.807) is 0 Å². The van der Waals surface area contributed by atoms with Gasteiger partial charge in [0.15, 0.2) is 0 Å². The lowest BCUT2D eigenvalue weighted by Crippen LogP contribution is -2.23. The van der Waals surface area contributed by atoms with Crippen molar-refractivity contribution in [2.24, 2.45) is 0 Å². The quantitative estimate of drug-likeness (QED) is 0.841. The molecule has 0 spiro atoms. The fourth-order valence-electron chi connectivity index (χ4n) is 2.58. The summed E-state index contributed by atoms with van der Waals surface area (Å²) in [6.07, 6.45) is 4.81. The molecule has 1 unspecified atom stereocenters. The van der Waals surface area contributed by atoms with Crippen LogP contribution in [0.15, 0.2) is 42.7 Å². The van der Waals surface area contributed by atoms with E-state index in [0.29, 0.717) is 6.61 Å². The molecule has 1 atom stereocenters. The number of hydrogen-bond acceptors (Lipinski definition) is 3. The highest BCUT2D eigenvalue weighted by atomic mass is 16.5. The Hall–Kier alpha value is -1.87. The molecule has 0 amide bonds. The van der Waals surface area contributed by atoms with E-state index in [-0.39, 0.29) is 6.04 Å². The number of benzene rings is 1.